The minimum atomic E-state index is -4.05. The van der Waals surface area contributed by atoms with Crippen LogP contribution in [0.2, 0.25) is 5.02 Å². The molecule has 0 fully saturated rings. The number of hydrogen-bond acceptors (Lipinski definition) is 4. The highest BCUT2D eigenvalue weighted by Gasteiger charge is 2.27. The molecule has 8 heteroatoms. The first-order valence-electron chi connectivity index (χ1n) is 10.7. The summed E-state index contributed by atoms with van der Waals surface area (Å²) in [6, 6.07) is 25.6. The van der Waals surface area contributed by atoms with Crippen LogP contribution < -0.4 is 14.4 Å². The summed E-state index contributed by atoms with van der Waals surface area (Å²) in [7, 11) is -4.05. The van der Waals surface area contributed by atoms with Gasteiger partial charge in [-0.3, -0.25) is 9.10 Å². The lowest BCUT2D eigenvalue weighted by molar-refractivity contribution is -0.114. The molecule has 6 nitrogen and oxygen atoms in total. The molecule has 0 aliphatic carbocycles. The molecule has 174 valence electrons. The summed E-state index contributed by atoms with van der Waals surface area (Å²) in [6.45, 7) is 1.94. The van der Waals surface area contributed by atoms with Crippen LogP contribution in [0.25, 0.3) is 10.8 Å². The third-order valence-corrected chi connectivity index (χ3v) is 7.23. The molecule has 34 heavy (non-hydrogen) atoms. The lowest BCUT2D eigenvalue weighted by Gasteiger charge is -2.24. The molecule has 0 saturated carbocycles. The maximum absolute atomic E-state index is 13.5. The Morgan fingerprint density at radius 3 is 2.29 bits per heavy atom. The van der Waals surface area contributed by atoms with Gasteiger partial charge in [0.25, 0.3) is 10.0 Å². The van der Waals surface area contributed by atoms with E-state index >= 15 is 0 Å². The van der Waals surface area contributed by atoms with E-state index in [4.69, 9.17) is 16.3 Å². The van der Waals surface area contributed by atoms with Crippen LogP contribution in [-0.2, 0) is 14.8 Å². The van der Waals surface area contributed by atoms with E-state index in [1.165, 1.54) is 24.3 Å². The number of ether oxygens (including phenoxy) is 1. The number of benzene rings is 4. The number of hydrogen-bond donors (Lipinski definition) is 1. The summed E-state index contributed by atoms with van der Waals surface area (Å²) < 4.78 is 33.6. The van der Waals surface area contributed by atoms with Crippen molar-refractivity contribution in [2.75, 3.05) is 22.8 Å². The van der Waals surface area contributed by atoms with Crippen molar-refractivity contribution in [3.63, 3.8) is 0 Å². The molecular weight excluding hydrogens is 472 g/mol. The zero-order valence-electron chi connectivity index (χ0n) is 18.4. The normalized spacial score (nSPS) is 11.2. The van der Waals surface area contributed by atoms with E-state index in [9.17, 15) is 13.2 Å². The molecule has 0 saturated heterocycles. The Hall–Kier alpha value is -3.55. The summed E-state index contributed by atoms with van der Waals surface area (Å²) in [4.78, 5) is 13.1. The molecule has 0 spiro atoms. The molecule has 0 bridgehead atoms. The number of carbonyl (C=O) groups excluding carboxylic acids is 1. The average molecular weight is 495 g/mol. The smallest absolute Gasteiger partial charge is 0.264 e. The Bertz CT molecular complexity index is 1400. The molecule has 4 aromatic carbocycles. The van der Waals surface area contributed by atoms with E-state index < -0.39 is 22.5 Å². The SMILES string of the molecule is CCOc1ccc(N(CC(=O)Nc2cccc3ccccc23)S(=O)(=O)c2ccc(Cl)cc2)cc1. The molecule has 1 amide bonds. The fraction of sp³-hybridized carbons (Fsp3) is 0.115. The van der Waals surface area contributed by atoms with E-state index in [0.29, 0.717) is 28.8 Å². The Balaban J connectivity index is 1.67. The molecule has 0 radical (unpaired) electrons. The molecule has 1 N–H and O–H groups in total. The Morgan fingerprint density at radius 2 is 1.59 bits per heavy atom. The lowest BCUT2D eigenvalue weighted by Crippen LogP contribution is -2.38. The van der Waals surface area contributed by atoms with Crippen LogP contribution in [0.4, 0.5) is 11.4 Å². The topological polar surface area (TPSA) is 75.7 Å². The fourth-order valence-corrected chi connectivity index (χ4v) is 5.13. The highest BCUT2D eigenvalue weighted by Crippen LogP contribution is 2.28. The highest BCUT2D eigenvalue weighted by molar-refractivity contribution is 7.92. The van der Waals surface area contributed by atoms with Gasteiger partial charge >= 0.3 is 0 Å². The van der Waals surface area contributed by atoms with Crippen LogP contribution >= 0.6 is 11.6 Å². The number of fused-ring (bicyclic) bond motifs is 1. The second-order valence-electron chi connectivity index (χ2n) is 7.47. The van der Waals surface area contributed by atoms with Gasteiger partial charge in [0, 0.05) is 16.1 Å². The maximum Gasteiger partial charge on any atom is 0.264 e. The zero-order chi connectivity index (χ0) is 24.1. The first-order valence-corrected chi connectivity index (χ1v) is 12.5. The summed E-state index contributed by atoms with van der Waals surface area (Å²) >= 11 is 5.94. The van der Waals surface area contributed by atoms with Gasteiger partial charge in [-0.05, 0) is 66.9 Å². The molecular formula is C26H23ClN2O4S. The predicted octanol–water partition coefficient (Wildman–Crippen LogP) is 5.73. The van der Waals surface area contributed by atoms with Crippen molar-refractivity contribution < 1.29 is 17.9 Å². The summed E-state index contributed by atoms with van der Waals surface area (Å²) in [5.41, 5.74) is 0.949. The monoisotopic (exact) mass is 494 g/mol. The van der Waals surface area contributed by atoms with Crippen molar-refractivity contribution in [3.05, 3.63) is 96.0 Å². The van der Waals surface area contributed by atoms with E-state index in [0.717, 1.165) is 15.1 Å². The Kier molecular flexibility index (Phi) is 7.05. The van der Waals surface area contributed by atoms with Gasteiger partial charge in [-0.1, -0.05) is 48.0 Å². The van der Waals surface area contributed by atoms with Crippen molar-refractivity contribution in [1.29, 1.82) is 0 Å². The zero-order valence-corrected chi connectivity index (χ0v) is 20.0. The van der Waals surface area contributed by atoms with Gasteiger partial charge in [-0.15, -0.1) is 0 Å². The van der Waals surface area contributed by atoms with Crippen molar-refractivity contribution in [3.8, 4) is 5.75 Å². The average Bonchev–Trinajstić information content (AvgIpc) is 2.84. The van der Waals surface area contributed by atoms with Gasteiger partial charge in [-0.2, -0.15) is 0 Å². The van der Waals surface area contributed by atoms with Crippen molar-refractivity contribution in [1.82, 2.24) is 0 Å². The molecule has 0 atom stereocenters. The third kappa shape index (κ3) is 5.16. The Morgan fingerprint density at radius 1 is 0.912 bits per heavy atom. The van der Waals surface area contributed by atoms with Gasteiger partial charge in [0.1, 0.15) is 12.3 Å². The standard InChI is InChI=1S/C26H23ClN2O4S/c1-2-33-22-14-12-21(13-15-22)29(34(31,32)23-16-10-20(27)11-17-23)18-26(30)28-25-9-5-7-19-6-3-4-8-24(19)25/h3-17H,2,18H2,1H3,(H,28,30). The summed E-state index contributed by atoms with van der Waals surface area (Å²) in [5.74, 6) is 0.137. The van der Waals surface area contributed by atoms with Crippen molar-refractivity contribution in [2.24, 2.45) is 0 Å². The fourth-order valence-electron chi connectivity index (χ4n) is 3.58. The number of anilines is 2. The van der Waals surface area contributed by atoms with E-state index in [2.05, 4.69) is 5.32 Å². The molecule has 0 aliphatic rings. The van der Waals surface area contributed by atoms with Crippen LogP contribution in [0, 0.1) is 0 Å². The first-order chi connectivity index (χ1) is 16.4. The quantitative estimate of drug-likeness (QED) is 0.339. The van der Waals surface area contributed by atoms with Crippen LogP contribution in [0.15, 0.2) is 95.9 Å². The van der Waals surface area contributed by atoms with Crippen molar-refractivity contribution >= 4 is 49.7 Å². The lowest BCUT2D eigenvalue weighted by atomic mass is 10.1. The van der Waals surface area contributed by atoms with Gasteiger partial charge in [0.2, 0.25) is 5.91 Å². The third-order valence-electron chi connectivity index (χ3n) is 5.19. The summed E-state index contributed by atoms with van der Waals surface area (Å²) in [5, 5.41) is 5.11. The minimum absolute atomic E-state index is 0.0312. The van der Waals surface area contributed by atoms with E-state index in [-0.39, 0.29) is 4.90 Å². The second kappa shape index (κ2) is 10.2. The van der Waals surface area contributed by atoms with Crippen LogP contribution in [-0.4, -0.2) is 27.5 Å². The van der Waals surface area contributed by atoms with E-state index in [1.54, 1.807) is 30.3 Å². The van der Waals surface area contributed by atoms with Crippen LogP contribution in [0.3, 0.4) is 0 Å². The molecule has 0 aliphatic heterocycles. The number of halogens is 1. The number of nitrogens with one attached hydrogen (secondary N) is 1. The van der Waals surface area contributed by atoms with E-state index in [1.807, 2.05) is 43.3 Å². The number of amides is 1. The molecule has 0 aromatic heterocycles. The van der Waals surface area contributed by atoms with Gasteiger partial charge in [0.15, 0.2) is 0 Å². The Labute approximate surface area is 203 Å². The largest absolute Gasteiger partial charge is 0.494 e. The minimum Gasteiger partial charge on any atom is -0.494 e. The molecule has 0 unspecified atom stereocenters. The number of carbonyl (C=O) groups is 1. The van der Waals surface area contributed by atoms with Crippen LogP contribution in [0.5, 0.6) is 5.75 Å². The molecule has 4 rings (SSSR count). The van der Waals surface area contributed by atoms with Crippen molar-refractivity contribution in [2.45, 2.75) is 11.8 Å². The second-order valence-corrected chi connectivity index (χ2v) is 9.77. The van der Waals surface area contributed by atoms with Crippen LogP contribution in [0.1, 0.15) is 6.92 Å². The van der Waals surface area contributed by atoms with Gasteiger partial charge < -0.3 is 10.1 Å². The van der Waals surface area contributed by atoms with Gasteiger partial charge in [-0.25, -0.2) is 8.42 Å². The number of rotatable bonds is 8. The summed E-state index contributed by atoms with van der Waals surface area (Å²) in [6.07, 6.45) is 0. The van der Waals surface area contributed by atoms with Gasteiger partial charge in [0.05, 0.1) is 17.2 Å². The maximum atomic E-state index is 13.5. The molecule has 4 aromatic rings. The number of nitrogens with zero attached hydrogens (tertiary/aromatic N) is 1. The number of sulfonamides is 1. The molecule has 0 heterocycles. The first kappa shape index (κ1) is 23.6. The highest BCUT2D eigenvalue weighted by atomic mass is 35.5. The predicted molar refractivity (Wildman–Crippen MR) is 136 cm³/mol.